The second-order valence-corrected chi connectivity index (χ2v) is 4.36. The Balaban J connectivity index is 3.40. The molecule has 0 spiro atoms. The van der Waals surface area contributed by atoms with Crippen molar-refractivity contribution in [3.05, 3.63) is 0 Å². The molecule has 0 heterocycles. The Morgan fingerprint density at radius 2 is 2.25 bits per heavy atom. The van der Waals surface area contributed by atoms with Gasteiger partial charge in [0.05, 0.1) is 12.4 Å². The third-order valence-electron chi connectivity index (χ3n) is 0.875. The lowest BCUT2D eigenvalue weighted by Crippen LogP contribution is -2.41. The van der Waals surface area contributed by atoms with Gasteiger partial charge in [0, 0.05) is 6.26 Å². The molecular weight excluding hydrogens is 184 g/mol. The zero-order valence-electron chi connectivity index (χ0n) is 6.62. The lowest BCUT2D eigenvalue weighted by atomic mass is 10.9. The molecule has 0 saturated heterocycles. The highest BCUT2D eigenvalue weighted by atomic mass is 32.2. The van der Waals surface area contributed by atoms with Gasteiger partial charge >= 0.3 is 0 Å². The first-order valence-electron chi connectivity index (χ1n) is 3.06. The molecule has 0 aromatic rings. The number of guanidine groups is 1. The Labute approximate surface area is 70.6 Å². The summed E-state index contributed by atoms with van der Waals surface area (Å²) < 4.78 is 21.1. The molecule has 0 atom stereocenters. The summed E-state index contributed by atoms with van der Waals surface area (Å²) in [5.41, 5.74) is 4.05. The van der Waals surface area contributed by atoms with Crippen LogP contribution in [0.2, 0.25) is 0 Å². The van der Waals surface area contributed by atoms with E-state index in [1.54, 1.807) is 0 Å². The first-order valence-corrected chi connectivity index (χ1v) is 5.12. The van der Waals surface area contributed by atoms with Crippen molar-refractivity contribution in [1.82, 2.24) is 10.9 Å². The molecule has 0 saturated carbocycles. The Kier molecular flexibility index (Phi) is 4.55. The molecule has 0 fully saturated rings. The number of hydrazine groups is 1. The van der Waals surface area contributed by atoms with Gasteiger partial charge in [0.25, 0.3) is 0 Å². The Morgan fingerprint density at radius 1 is 1.67 bits per heavy atom. The molecule has 0 bridgehead atoms. The third-order valence-corrected chi connectivity index (χ3v) is 1.78. The molecule has 0 rings (SSSR count). The maximum Gasteiger partial charge on any atom is 0.227 e. The SMILES string of the molecule is CS(=O)(=O)CCONC(=N)NN. The number of rotatable bonds is 4. The fourth-order valence-corrected chi connectivity index (χ4v) is 0.732. The molecule has 0 aliphatic carbocycles. The fourth-order valence-electron chi connectivity index (χ4n) is 0.346. The first kappa shape index (κ1) is 11.1. The van der Waals surface area contributed by atoms with E-state index in [1.165, 1.54) is 0 Å². The largest absolute Gasteiger partial charge is 0.293 e. The Morgan fingerprint density at radius 3 is 2.67 bits per heavy atom. The Bertz CT molecular complexity index is 237. The van der Waals surface area contributed by atoms with Crippen molar-refractivity contribution in [2.24, 2.45) is 5.84 Å². The third kappa shape index (κ3) is 7.25. The van der Waals surface area contributed by atoms with Gasteiger partial charge in [0.15, 0.2) is 0 Å². The standard InChI is InChI=1S/C4H12N4O3S/c1-12(9,10)3-2-11-8-4(5)7-6/h2-3,6H2,1H3,(H3,5,7,8). The van der Waals surface area contributed by atoms with E-state index >= 15 is 0 Å². The molecule has 0 aromatic heterocycles. The summed E-state index contributed by atoms with van der Waals surface area (Å²) >= 11 is 0. The van der Waals surface area contributed by atoms with E-state index in [4.69, 9.17) is 11.3 Å². The van der Waals surface area contributed by atoms with Gasteiger partial charge in [0.2, 0.25) is 5.96 Å². The molecule has 8 heteroatoms. The van der Waals surface area contributed by atoms with Crippen LogP contribution in [0.25, 0.3) is 0 Å². The van der Waals surface area contributed by atoms with Gasteiger partial charge in [-0.05, 0) is 0 Å². The summed E-state index contributed by atoms with van der Waals surface area (Å²) in [6.07, 6.45) is 1.10. The van der Waals surface area contributed by atoms with Gasteiger partial charge in [-0.1, -0.05) is 0 Å². The predicted octanol–water partition coefficient (Wildman–Crippen LogP) is -2.05. The van der Waals surface area contributed by atoms with Gasteiger partial charge < -0.3 is 0 Å². The normalized spacial score (nSPS) is 10.8. The molecule has 72 valence electrons. The van der Waals surface area contributed by atoms with Gasteiger partial charge in [-0.15, -0.1) is 0 Å². The monoisotopic (exact) mass is 196 g/mol. The Hall–Kier alpha value is -0.860. The average molecular weight is 196 g/mol. The summed E-state index contributed by atoms with van der Waals surface area (Å²) in [6, 6.07) is 0. The molecule has 0 aliphatic heterocycles. The van der Waals surface area contributed by atoms with E-state index in [-0.39, 0.29) is 18.3 Å². The number of hydrogen-bond acceptors (Lipinski definition) is 5. The lowest BCUT2D eigenvalue weighted by Gasteiger charge is -2.05. The first-order chi connectivity index (χ1) is 5.45. The van der Waals surface area contributed by atoms with Crippen LogP contribution in [-0.4, -0.2) is 33.0 Å². The summed E-state index contributed by atoms with van der Waals surface area (Å²) in [5.74, 6) is 4.47. The van der Waals surface area contributed by atoms with Crippen LogP contribution in [0.15, 0.2) is 0 Å². The van der Waals surface area contributed by atoms with Crippen molar-refractivity contribution in [2.75, 3.05) is 18.6 Å². The van der Waals surface area contributed by atoms with Crippen molar-refractivity contribution in [3.63, 3.8) is 0 Å². The zero-order chi connectivity index (χ0) is 9.61. The minimum atomic E-state index is -3.02. The lowest BCUT2D eigenvalue weighted by molar-refractivity contribution is 0.0950. The average Bonchev–Trinajstić information content (AvgIpc) is 1.96. The minimum absolute atomic E-state index is 0.0249. The second kappa shape index (κ2) is 4.91. The molecule has 12 heavy (non-hydrogen) atoms. The smallest absolute Gasteiger partial charge is 0.227 e. The molecular formula is C4H12N4O3S. The van der Waals surface area contributed by atoms with Crippen molar-refractivity contribution >= 4 is 15.8 Å². The van der Waals surface area contributed by atoms with Crippen LogP contribution in [-0.2, 0) is 14.7 Å². The minimum Gasteiger partial charge on any atom is -0.293 e. The zero-order valence-corrected chi connectivity index (χ0v) is 7.44. The van der Waals surface area contributed by atoms with E-state index in [2.05, 4.69) is 10.3 Å². The van der Waals surface area contributed by atoms with Crippen LogP contribution in [0.1, 0.15) is 0 Å². The van der Waals surface area contributed by atoms with Crippen molar-refractivity contribution < 1.29 is 13.3 Å². The van der Waals surface area contributed by atoms with Crippen LogP contribution in [0, 0.1) is 5.41 Å². The summed E-state index contributed by atoms with van der Waals surface area (Å²) in [7, 11) is -3.02. The highest BCUT2D eigenvalue weighted by Gasteiger charge is 2.01. The van der Waals surface area contributed by atoms with Gasteiger partial charge in [-0.2, -0.15) is 0 Å². The summed E-state index contributed by atoms with van der Waals surface area (Å²) in [5, 5.41) is 6.85. The number of nitrogens with one attached hydrogen (secondary N) is 3. The van der Waals surface area contributed by atoms with Crippen LogP contribution >= 0.6 is 0 Å². The molecule has 7 nitrogen and oxygen atoms in total. The summed E-state index contributed by atoms with van der Waals surface area (Å²) in [4.78, 5) is 4.57. The molecule has 0 aliphatic rings. The van der Waals surface area contributed by atoms with Crippen LogP contribution in [0.4, 0.5) is 0 Å². The molecule has 0 unspecified atom stereocenters. The molecule has 0 aromatic carbocycles. The number of hydrogen-bond donors (Lipinski definition) is 4. The van der Waals surface area contributed by atoms with Crippen molar-refractivity contribution in [1.29, 1.82) is 5.41 Å². The van der Waals surface area contributed by atoms with Crippen LogP contribution in [0.3, 0.4) is 0 Å². The molecule has 0 radical (unpaired) electrons. The van der Waals surface area contributed by atoms with E-state index in [0.29, 0.717) is 0 Å². The maximum atomic E-state index is 10.5. The van der Waals surface area contributed by atoms with Gasteiger partial charge in [-0.3, -0.25) is 15.7 Å². The summed E-state index contributed by atoms with van der Waals surface area (Å²) in [6.45, 7) is -0.0249. The maximum absolute atomic E-state index is 10.5. The number of nitrogens with two attached hydrogens (primary N) is 1. The molecule has 5 N–H and O–H groups in total. The van der Waals surface area contributed by atoms with Gasteiger partial charge in [-0.25, -0.2) is 19.7 Å². The highest BCUT2D eigenvalue weighted by molar-refractivity contribution is 7.90. The van der Waals surface area contributed by atoms with Crippen LogP contribution in [0.5, 0.6) is 0 Å². The van der Waals surface area contributed by atoms with E-state index < -0.39 is 9.84 Å². The number of sulfone groups is 1. The predicted molar refractivity (Wildman–Crippen MR) is 43.8 cm³/mol. The topological polar surface area (TPSA) is 117 Å². The van der Waals surface area contributed by atoms with Crippen LogP contribution < -0.4 is 16.7 Å². The quantitative estimate of drug-likeness (QED) is 0.135. The van der Waals surface area contributed by atoms with Gasteiger partial charge in [0.1, 0.15) is 9.84 Å². The van der Waals surface area contributed by atoms with E-state index in [1.807, 2.05) is 5.43 Å². The molecule has 0 amide bonds. The van der Waals surface area contributed by atoms with Crippen molar-refractivity contribution in [2.45, 2.75) is 0 Å². The van der Waals surface area contributed by atoms with E-state index in [0.717, 1.165) is 6.26 Å². The number of hydroxylamine groups is 1. The van der Waals surface area contributed by atoms with E-state index in [9.17, 15) is 8.42 Å². The second-order valence-electron chi connectivity index (χ2n) is 2.10. The highest BCUT2D eigenvalue weighted by Crippen LogP contribution is 1.81. The van der Waals surface area contributed by atoms with Crippen molar-refractivity contribution in [3.8, 4) is 0 Å². The fraction of sp³-hybridized carbons (Fsp3) is 0.750.